The lowest BCUT2D eigenvalue weighted by Crippen LogP contribution is -2.48. The smallest absolute Gasteiger partial charge is 0.270 e. The van der Waals surface area contributed by atoms with Gasteiger partial charge in [-0.25, -0.2) is 9.97 Å². The molecular formula is C36H38N8O3. The SMILES string of the molecule is CN(C)C(=O)c1cc2cnc(Nc3ccc(N4CCN(C(=O)c5ccc(Oc6ccccc6)cc5)CC4)cn3)nc2n1C1CCCC1. The normalized spacial score (nSPS) is 15.2. The highest BCUT2D eigenvalue weighted by molar-refractivity contribution is 5.98. The first-order valence-electron chi connectivity index (χ1n) is 16.1. The second-order valence-electron chi connectivity index (χ2n) is 12.3. The van der Waals surface area contributed by atoms with Crippen molar-refractivity contribution in [1.82, 2.24) is 29.3 Å². The minimum atomic E-state index is -0.0323. The number of benzene rings is 2. The van der Waals surface area contributed by atoms with E-state index in [1.165, 1.54) is 0 Å². The third-order valence-electron chi connectivity index (χ3n) is 8.89. The zero-order valence-corrected chi connectivity index (χ0v) is 26.7. The van der Waals surface area contributed by atoms with E-state index < -0.39 is 0 Å². The van der Waals surface area contributed by atoms with Gasteiger partial charge in [-0.15, -0.1) is 0 Å². The van der Waals surface area contributed by atoms with Crippen LogP contribution in [0.4, 0.5) is 17.5 Å². The van der Waals surface area contributed by atoms with Crippen LogP contribution in [0.25, 0.3) is 11.0 Å². The molecule has 0 spiro atoms. The van der Waals surface area contributed by atoms with Crippen molar-refractivity contribution in [2.24, 2.45) is 0 Å². The van der Waals surface area contributed by atoms with Crippen LogP contribution in [0.1, 0.15) is 52.6 Å². The third-order valence-corrected chi connectivity index (χ3v) is 8.89. The zero-order valence-electron chi connectivity index (χ0n) is 26.7. The zero-order chi connectivity index (χ0) is 32.3. The molecule has 1 saturated heterocycles. The first-order valence-corrected chi connectivity index (χ1v) is 16.1. The van der Waals surface area contributed by atoms with E-state index in [-0.39, 0.29) is 17.9 Å². The average molecular weight is 631 g/mol. The number of rotatable bonds is 8. The third kappa shape index (κ3) is 6.46. The number of ether oxygens (including phenoxy) is 1. The highest BCUT2D eigenvalue weighted by atomic mass is 16.5. The molecule has 240 valence electrons. The Bertz CT molecular complexity index is 1860. The number of nitrogens with zero attached hydrogens (tertiary/aromatic N) is 7. The molecule has 47 heavy (non-hydrogen) atoms. The predicted octanol–water partition coefficient (Wildman–Crippen LogP) is 6.14. The molecule has 7 rings (SSSR count). The fourth-order valence-electron chi connectivity index (χ4n) is 6.40. The molecule has 4 heterocycles. The van der Waals surface area contributed by atoms with Crippen LogP contribution < -0.4 is 15.0 Å². The monoisotopic (exact) mass is 630 g/mol. The Hall–Kier alpha value is -5.45. The van der Waals surface area contributed by atoms with Gasteiger partial charge in [0.2, 0.25) is 5.95 Å². The first-order chi connectivity index (χ1) is 22.9. The largest absolute Gasteiger partial charge is 0.457 e. The topological polar surface area (TPSA) is 109 Å². The van der Waals surface area contributed by atoms with E-state index in [0.717, 1.165) is 48.2 Å². The van der Waals surface area contributed by atoms with Gasteiger partial charge in [-0.2, -0.15) is 4.98 Å². The molecule has 1 N–H and O–H groups in total. The molecule has 0 atom stereocenters. The number of hydrogen-bond acceptors (Lipinski definition) is 8. The summed E-state index contributed by atoms with van der Waals surface area (Å²) in [5.41, 5.74) is 3.05. The lowest BCUT2D eigenvalue weighted by Gasteiger charge is -2.36. The van der Waals surface area contributed by atoms with Crippen molar-refractivity contribution in [1.29, 1.82) is 0 Å². The second-order valence-corrected chi connectivity index (χ2v) is 12.3. The molecule has 1 saturated carbocycles. The molecule has 2 fully saturated rings. The van der Waals surface area contributed by atoms with Gasteiger partial charge in [-0.3, -0.25) is 9.59 Å². The van der Waals surface area contributed by atoms with E-state index in [1.54, 1.807) is 25.2 Å². The molecule has 3 aromatic heterocycles. The molecule has 0 radical (unpaired) electrons. The Morgan fingerprint density at radius 3 is 2.26 bits per heavy atom. The van der Waals surface area contributed by atoms with Gasteiger partial charge in [-0.1, -0.05) is 31.0 Å². The molecule has 0 unspecified atom stereocenters. The summed E-state index contributed by atoms with van der Waals surface area (Å²) < 4.78 is 7.96. The number of carbonyl (C=O) groups is 2. The number of hydrogen-bond donors (Lipinski definition) is 1. The van der Waals surface area contributed by atoms with Gasteiger partial charge in [-0.05, 0) is 67.4 Å². The van der Waals surface area contributed by atoms with E-state index in [4.69, 9.17) is 9.72 Å². The number of piperazine rings is 1. The van der Waals surface area contributed by atoms with Crippen molar-refractivity contribution >= 4 is 40.3 Å². The molecular weight excluding hydrogens is 592 g/mol. The second kappa shape index (κ2) is 13.1. The maximum atomic E-state index is 13.2. The van der Waals surface area contributed by atoms with Crippen LogP contribution >= 0.6 is 0 Å². The van der Waals surface area contributed by atoms with E-state index in [2.05, 4.69) is 24.8 Å². The standard InChI is InChI=1S/C36H38N8O3/c1-41(2)35(46)31-22-26-23-38-36(40-33(26)44(31)27-8-6-7-9-27)39-32-17-14-28(24-37-32)42-18-20-43(21-19-42)34(45)25-12-15-30(16-13-25)47-29-10-4-3-5-11-29/h3-5,10-17,22-24,27H,6-9,18-21H2,1-2H3,(H,37,38,39,40). The van der Waals surface area contributed by atoms with Crippen molar-refractivity contribution in [3.05, 3.63) is 96.4 Å². The molecule has 2 aliphatic rings. The van der Waals surface area contributed by atoms with Crippen molar-refractivity contribution in [3.8, 4) is 11.5 Å². The highest BCUT2D eigenvalue weighted by Gasteiger charge is 2.27. The summed E-state index contributed by atoms with van der Waals surface area (Å²) in [6.45, 7) is 2.66. The van der Waals surface area contributed by atoms with Crippen LogP contribution in [0.15, 0.2) is 85.2 Å². The van der Waals surface area contributed by atoms with E-state index in [9.17, 15) is 9.59 Å². The fraction of sp³-hybridized carbons (Fsp3) is 0.306. The summed E-state index contributed by atoms with van der Waals surface area (Å²) in [7, 11) is 3.55. The van der Waals surface area contributed by atoms with Crippen LogP contribution in [-0.4, -0.2) is 81.4 Å². The Morgan fingerprint density at radius 2 is 1.57 bits per heavy atom. The van der Waals surface area contributed by atoms with Gasteiger partial charge in [0.15, 0.2) is 0 Å². The maximum absolute atomic E-state index is 13.2. The minimum Gasteiger partial charge on any atom is -0.457 e. The van der Waals surface area contributed by atoms with Crippen molar-refractivity contribution in [2.75, 3.05) is 50.5 Å². The number of pyridine rings is 1. The quantitative estimate of drug-likeness (QED) is 0.218. The summed E-state index contributed by atoms with van der Waals surface area (Å²) in [5, 5.41) is 4.09. The molecule has 11 nitrogen and oxygen atoms in total. The lowest BCUT2D eigenvalue weighted by atomic mass is 10.1. The number of carbonyl (C=O) groups excluding carboxylic acids is 2. The van der Waals surface area contributed by atoms with E-state index >= 15 is 0 Å². The van der Waals surface area contributed by atoms with Crippen LogP contribution in [-0.2, 0) is 0 Å². The lowest BCUT2D eigenvalue weighted by molar-refractivity contribution is 0.0746. The van der Waals surface area contributed by atoms with Crippen LogP contribution in [0.3, 0.4) is 0 Å². The van der Waals surface area contributed by atoms with Crippen LogP contribution in [0.2, 0.25) is 0 Å². The number of anilines is 3. The minimum absolute atomic E-state index is 0.0165. The molecule has 1 aliphatic carbocycles. The number of fused-ring (bicyclic) bond motifs is 1. The summed E-state index contributed by atoms with van der Waals surface area (Å²) in [4.78, 5) is 45.9. The number of amides is 2. The van der Waals surface area contributed by atoms with Crippen LogP contribution in [0.5, 0.6) is 11.5 Å². The Balaban J connectivity index is 0.976. The number of para-hydroxylation sites is 1. The Morgan fingerprint density at radius 1 is 0.851 bits per heavy atom. The van der Waals surface area contributed by atoms with E-state index in [1.807, 2.05) is 83.9 Å². The van der Waals surface area contributed by atoms with Crippen molar-refractivity contribution in [2.45, 2.75) is 31.7 Å². The van der Waals surface area contributed by atoms with Gasteiger partial charge in [0, 0.05) is 63.5 Å². The molecule has 2 amide bonds. The van der Waals surface area contributed by atoms with Gasteiger partial charge in [0.05, 0.1) is 11.9 Å². The highest BCUT2D eigenvalue weighted by Crippen LogP contribution is 2.35. The number of nitrogens with one attached hydrogen (secondary N) is 1. The summed E-state index contributed by atoms with van der Waals surface area (Å²) in [6, 6.07) is 23.0. The molecule has 2 aromatic carbocycles. The number of aromatic nitrogens is 4. The van der Waals surface area contributed by atoms with Gasteiger partial charge >= 0.3 is 0 Å². The van der Waals surface area contributed by atoms with E-state index in [0.29, 0.717) is 55.0 Å². The predicted molar refractivity (Wildman–Crippen MR) is 182 cm³/mol. The molecule has 1 aliphatic heterocycles. The summed E-state index contributed by atoms with van der Waals surface area (Å²) >= 11 is 0. The van der Waals surface area contributed by atoms with Crippen molar-refractivity contribution < 1.29 is 14.3 Å². The summed E-state index contributed by atoms with van der Waals surface area (Å²) in [5.74, 6) is 2.50. The first kappa shape index (κ1) is 30.2. The fourth-order valence-corrected chi connectivity index (χ4v) is 6.40. The van der Waals surface area contributed by atoms with Gasteiger partial charge in [0.1, 0.15) is 28.7 Å². The maximum Gasteiger partial charge on any atom is 0.270 e. The Labute approximate surface area is 273 Å². The van der Waals surface area contributed by atoms with Gasteiger partial charge < -0.3 is 29.3 Å². The van der Waals surface area contributed by atoms with Gasteiger partial charge in [0.25, 0.3) is 11.8 Å². The molecule has 0 bridgehead atoms. The summed E-state index contributed by atoms with van der Waals surface area (Å²) in [6.07, 6.45) is 7.97. The Kier molecular flexibility index (Phi) is 8.43. The van der Waals surface area contributed by atoms with Crippen molar-refractivity contribution in [3.63, 3.8) is 0 Å². The average Bonchev–Trinajstić information content (AvgIpc) is 3.77. The van der Waals surface area contributed by atoms with Crippen LogP contribution in [0, 0.1) is 0 Å². The molecule has 11 heteroatoms. The molecule has 5 aromatic rings.